The van der Waals surface area contributed by atoms with E-state index in [-0.39, 0.29) is 23.2 Å². The van der Waals surface area contributed by atoms with Crippen molar-refractivity contribution in [2.24, 2.45) is 5.73 Å². The molecule has 222 valence electrons. The van der Waals surface area contributed by atoms with Gasteiger partial charge in [-0.2, -0.15) is 4.68 Å². The molecule has 1 aliphatic heterocycles. The maximum absolute atomic E-state index is 12.6. The van der Waals surface area contributed by atoms with Gasteiger partial charge in [-0.3, -0.25) is 14.4 Å². The van der Waals surface area contributed by atoms with Crippen LogP contribution in [0.1, 0.15) is 18.4 Å². The maximum Gasteiger partial charge on any atom is 0.321 e. The van der Waals surface area contributed by atoms with E-state index in [2.05, 4.69) is 31.5 Å². The lowest BCUT2D eigenvalue weighted by Crippen LogP contribution is -2.49. The molecule has 1 aromatic heterocycles. The van der Waals surface area contributed by atoms with E-state index < -0.39 is 38.9 Å². The molecule has 15 nitrogen and oxygen atoms in total. The lowest BCUT2D eigenvalue weighted by Gasteiger charge is -2.31. The van der Waals surface area contributed by atoms with Crippen LogP contribution in [0.15, 0.2) is 48.8 Å². The van der Waals surface area contributed by atoms with Crippen LogP contribution in [-0.2, 0) is 30.6 Å². The molecule has 2 heterocycles. The van der Waals surface area contributed by atoms with E-state index in [1.165, 1.54) is 23.3 Å². The van der Waals surface area contributed by atoms with Gasteiger partial charge >= 0.3 is 17.8 Å². The number of hydrogen-bond acceptors (Lipinski definition) is 9. The SMILES string of the molecule is CS(=O)(=O)C1CCN(C(=O)Nc2ccc(C[C@H](NC(=O)C(=O)Nc3cc(Cl)ccc3-n3cnnn3)C(N)=O)cc2)CC1. The zero-order valence-electron chi connectivity index (χ0n) is 22.4. The lowest BCUT2D eigenvalue weighted by atomic mass is 10.0. The first kappa shape index (κ1) is 30.4. The minimum absolute atomic E-state index is 0.0192. The van der Waals surface area contributed by atoms with Gasteiger partial charge in [0, 0.05) is 36.5 Å². The van der Waals surface area contributed by atoms with Gasteiger partial charge in [-0.05, 0) is 59.2 Å². The quantitative estimate of drug-likeness (QED) is 0.259. The van der Waals surface area contributed by atoms with Crippen molar-refractivity contribution in [2.75, 3.05) is 30.0 Å². The third-order valence-electron chi connectivity index (χ3n) is 6.64. The minimum atomic E-state index is -3.15. The van der Waals surface area contributed by atoms with Crippen molar-refractivity contribution in [1.29, 1.82) is 0 Å². The Hall–Kier alpha value is -4.57. The van der Waals surface area contributed by atoms with Crippen LogP contribution in [0.4, 0.5) is 16.2 Å². The predicted octanol–water partition coefficient (Wildman–Crippen LogP) is 0.508. The number of amides is 5. The molecule has 0 spiro atoms. The Kier molecular flexibility index (Phi) is 9.37. The predicted molar refractivity (Wildman–Crippen MR) is 153 cm³/mol. The van der Waals surface area contributed by atoms with Crippen LogP contribution in [0, 0.1) is 0 Å². The topological polar surface area (TPSA) is 211 Å². The number of nitrogens with two attached hydrogens (primary N) is 1. The number of carbonyl (C=O) groups excluding carboxylic acids is 4. The number of nitrogens with one attached hydrogen (secondary N) is 3. The van der Waals surface area contributed by atoms with Crippen molar-refractivity contribution in [2.45, 2.75) is 30.6 Å². The van der Waals surface area contributed by atoms with E-state index in [4.69, 9.17) is 17.3 Å². The molecule has 0 aliphatic carbocycles. The number of rotatable bonds is 8. The second-order valence-corrected chi connectivity index (χ2v) is 12.4. The number of sulfone groups is 1. The van der Waals surface area contributed by atoms with Gasteiger partial charge in [0.2, 0.25) is 5.91 Å². The van der Waals surface area contributed by atoms with Gasteiger partial charge in [-0.1, -0.05) is 23.7 Å². The molecule has 5 amide bonds. The number of aromatic nitrogens is 4. The summed E-state index contributed by atoms with van der Waals surface area (Å²) in [5.41, 5.74) is 7.06. The first-order chi connectivity index (χ1) is 19.9. The summed E-state index contributed by atoms with van der Waals surface area (Å²) >= 11 is 6.04. The number of hydrogen-bond donors (Lipinski definition) is 4. The minimum Gasteiger partial charge on any atom is -0.368 e. The summed E-state index contributed by atoms with van der Waals surface area (Å²) in [6.07, 6.45) is 3.23. The Labute approximate surface area is 245 Å². The summed E-state index contributed by atoms with van der Waals surface area (Å²) in [4.78, 5) is 51.5. The number of piperidine rings is 1. The molecule has 2 aromatic carbocycles. The zero-order chi connectivity index (χ0) is 30.4. The summed E-state index contributed by atoms with van der Waals surface area (Å²) in [6.45, 7) is 0.650. The molecule has 0 saturated carbocycles. The number of tetrazole rings is 1. The summed E-state index contributed by atoms with van der Waals surface area (Å²) in [5, 5.41) is 18.2. The molecule has 1 saturated heterocycles. The van der Waals surface area contributed by atoms with Crippen molar-refractivity contribution in [3.8, 4) is 5.69 Å². The van der Waals surface area contributed by atoms with Crippen molar-refractivity contribution >= 4 is 56.6 Å². The van der Waals surface area contributed by atoms with Crippen LogP contribution in [-0.4, -0.2) is 87.9 Å². The van der Waals surface area contributed by atoms with Crippen molar-refractivity contribution in [1.82, 2.24) is 30.4 Å². The summed E-state index contributed by atoms with van der Waals surface area (Å²) < 4.78 is 24.7. The molecule has 42 heavy (non-hydrogen) atoms. The molecular formula is C25H28ClN9O6S. The van der Waals surface area contributed by atoms with Gasteiger partial charge < -0.3 is 26.6 Å². The van der Waals surface area contributed by atoms with Crippen LogP contribution in [0.3, 0.4) is 0 Å². The molecule has 17 heteroatoms. The lowest BCUT2D eigenvalue weighted by molar-refractivity contribution is -0.137. The van der Waals surface area contributed by atoms with Gasteiger partial charge in [0.25, 0.3) is 0 Å². The van der Waals surface area contributed by atoms with Crippen LogP contribution in [0.25, 0.3) is 5.69 Å². The number of anilines is 2. The van der Waals surface area contributed by atoms with E-state index in [0.29, 0.717) is 42.9 Å². The standard InChI is InChI=1S/C25H28ClN9O6S/c1-42(40,41)18-8-10-34(11-9-18)25(39)29-17-5-2-15(3-6-17)12-20(22(27)36)31-24(38)23(37)30-19-13-16(26)4-7-21(19)35-14-28-32-33-35/h2-7,13-14,18,20H,8-12H2,1H3,(H2,27,36)(H,29,39)(H,30,37)(H,31,38)/t20-/m0/s1. The number of urea groups is 1. The molecule has 1 aliphatic rings. The number of nitrogens with zero attached hydrogens (tertiary/aromatic N) is 5. The van der Waals surface area contributed by atoms with Gasteiger partial charge in [0.1, 0.15) is 22.2 Å². The van der Waals surface area contributed by atoms with E-state index in [1.54, 1.807) is 41.3 Å². The molecule has 3 aromatic rings. The molecule has 4 rings (SSSR count). The van der Waals surface area contributed by atoms with Gasteiger partial charge in [0.05, 0.1) is 16.6 Å². The fraction of sp³-hybridized carbons (Fsp3) is 0.320. The molecule has 5 N–H and O–H groups in total. The fourth-order valence-corrected chi connectivity index (χ4v) is 5.59. The molecular weight excluding hydrogens is 590 g/mol. The van der Waals surface area contributed by atoms with Crippen LogP contribution >= 0.6 is 11.6 Å². The highest BCUT2D eigenvalue weighted by Crippen LogP contribution is 2.24. The van der Waals surface area contributed by atoms with E-state index in [0.717, 1.165) is 0 Å². The molecule has 0 unspecified atom stereocenters. The van der Waals surface area contributed by atoms with E-state index in [9.17, 15) is 27.6 Å². The van der Waals surface area contributed by atoms with E-state index in [1.807, 2.05) is 0 Å². The number of carbonyl (C=O) groups is 4. The van der Waals surface area contributed by atoms with Crippen LogP contribution < -0.4 is 21.7 Å². The zero-order valence-corrected chi connectivity index (χ0v) is 23.9. The number of likely N-dealkylation sites (tertiary alicyclic amines) is 1. The summed E-state index contributed by atoms with van der Waals surface area (Å²) in [7, 11) is -3.15. The Morgan fingerprint density at radius 2 is 1.74 bits per heavy atom. The first-order valence-electron chi connectivity index (χ1n) is 12.7. The summed E-state index contributed by atoms with van der Waals surface area (Å²) in [6, 6.07) is 9.45. The normalized spacial score (nSPS) is 14.6. The van der Waals surface area contributed by atoms with Gasteiger partial charge in [0.15, 0.2) is 0 Å². The highest BCUT2D eigenvalue weighted by atomic mass is 35.5. The highest BCUT2D eigenvalue weighted by Gasteiger charge is 2.29. The second kappa shape index (κ2) is 12.9. The number of primary amides is 1. The Morgan fingerprint density at radius 3 is 2.33 bits per heavy atom. The number of halogens is 1. The Balaban J connectivity index is 1.33. The van der Waals surface area contributed by atoms with Gasteiger partial charge in [-0.15, -0.1) is 5.10 Å². The maximum atomic E-state index is 12.6. The van der Waals surface area contributed by atoms with E-state index >= 15 is 0 Å². The molecule has 0 radical (unpaired) electrons. The molecule has 1 atom stereocenters. The molecule has 1 fully saturated rings. The average molecular weight is 618 g/mol. The largest absolute Gasteiger partial charge is 0.368 e. The average Bonchev–Trinajstić information content (AvgIpc) is 3.48. The highest BCUT2D eigenvalue weighted by molar-refractivity contribution is 7.91. The third kappa shape index (κ3) is 7.79. The molecule has 0 bridgehead atoms. The Bertz CT molecular complexity index is 1570. The Morgan fingerprint density at radius 1 is 1.05 bits per heavy atom. The second-order valence-electron chi connectivity index (χ2n) is 9.65. The van der Waals surface area contributed by atoms with Gasteiger partial charge in [-0.25, -0.2) is 13.2 Å². The first-order valence-corrected chi connectivity index (χ1v) is 15.0. The summed E-state index contributed by atoms with van der Waals surface area (Å²) in [5.74, 6) is -3.04. The van der Waals surface area contributed by atoms with Crippen LogP contribution in [0.2, 0.25) is 5.02 Å². The van der Waals surface area contributed by atoms with Crippen molar-refractivity contribution in [3.05, 3.63) is 59.4 Å². The van der Waals surface area contributed by atoms with Crippen molar-refractivity contribution < 1.29 is 27.6 Å². The smallest absolute Gasteiger partial charge is 0.321 e. The fourth-order valence-electron chi connectivity index (χ4n) is 4.35. The van der Waals surface area contributed by atoms with Crippen LogP contribution in [0.5, 0.6) is 0 Å². The third-order valence-corrected chi connectivity index (χ3v) is 8.55. The monoisotopic (exact) mass is 617 g/mol. The number of benzene rings is 2. The van der Waals surface area contributed by atoms with Crippen molar-refractivity contribution in [3.63, 3.8) is 0 Å².